The molecule has 0 saturated carbocycles. The van der Waals surface area contributed by atoms with Gasteiger partial charge in [-0.2, -0.15) is 0 Å². The molecule has 0 bridgehead atoms. The maximum absolute atomic E-state index is 13.1. The zero-order valence-corrected chi connectivity index (χ0v) is 46.8. The van der Waals surface area contributed by atoms with Gasteiger partial charge in [0, 0.05) is 6.42 Å². The highest BCUT2D eigenvalue weighted by Crippen LogP contribution is 2.23. The molecule has 0 spiro atoms. The summed E-state index contributed by atoms with van der Waals surface area (Å²) in [6.07, 6.45) is 59.3. The third-order valence-corrected chi connectivity index (χ3v) is 15.1. The number of nitrogens with one attached hydrogen (secondary N) is 1. The van der Waals surface area contributed by atoms with E-state index in [-0.39, 0.29) is 12.5 Å². The van der Waals surface area contributed by atoms with E-state index in [1.165, 1.54) is 238 Å². The molecule has 1 heterocycles. The Hall–Kier alpha value is -1.33. The molecule has 6 N–H and O–H groups in total. The van der Waals surface area contributed by atoms with Gasteiger partial charge >= 0.3 is 0 Å². The number of rotatable bonds is 54. The van der Waals surface area contributed by atoms with Crippen molar-refractivity contribution in [2.24, 2.45) is 0 Å². The average molecular weight is 1010 g/mol. The molecule has 0 aromatic carbocycles. The first-order valence-corrected chi connectivity index (χ1v) is 31.0. The summed E-state index contributed by atoms with van der Waals surface area (Å²) in [7, 11) is 0. The van der Waals surface area contributed by atoms with Gasteiger partial charge in [-0.15, -0.1) is 0 Å². The third-order valence-electron chi connectivity index (χ3n) is 15.1. The Morgan fingerprint density at radius 2 is 0.831 bits per heavy atom. The van der Waals surface area contributed by atoms with Gasteiger partial charge in [-0.25, -0.2) is 0 Å². The second-order valence-corrected chi connectivity index (χ2v) is 21.9. The van der Waals surface area contributed by atoms with E-state index in [1.54, 1.807) is 0 Å². The summed E-state index contributed by atoms with van der Waals surface area (Å²) in [5, 5.41) is 54.8. The van der Waals surface area contributed by atoms with E-state index in [0.717, 1.165) is 44.9 Å². The fourth-order valence-electron chi connectivity index (χ4n) is 10.1. The molecule has 1 amide bonds. The van der Waals surface area contributed by atoms with Crippen molar-refractivity contribution in [1.82, 2.24) is 5.32 Å². The van der Waals surface area contributed by atoms with Gasteiger partial charge in [-0.1, -0.05) is 282 Å². The zero-order valence-electron chi connectivity index (χ0n) is 46.8. The van der Waals surface area contributed by atoms with Crippen molar-refractivity contribution in [3.63, 3.8) is 0 Å². The van der Waals surface area contributed by atoms with Crippen molar-refractivity contribution < 1.29 is 39.8 Å². The van der Waals surface area contributed by atoms with Gasteiger partial charge in [0.1, 0.15) is 24.4 Å². The molecule has 0 aliphatic carbocycles. The molecule has 0 radical (unpaired) electrons. The van der Waals surface area contributed by atoms with Crippen molar-refractivity contribution in [3.05, 3.63) is 24.3 Å². The van der Waals surface area contributed by atoms with E-state index in [4.69, 9.17) is 9.47 Å². The van der Waals surface area contributed by atoms with Crippen LogP contribution >= 0.6 is 0 Å². The summed E-state index contributed by atoms with van der Waals surface area (Å²) in [5.41, 5.74) is 0. The van der Waals surface area contributed by atoms with Crippen LogP contribution in [0, 0.1) is 0 Å². The van der Waals surface area contributed by atoms with Crippen LogP contribution in [-0.4, -0.2) is 87.5 Å². The highest BCUT2D eigenvalue weighted by Gasteiger charge is 2.44. The summed E-state index contributed by atoms with van der Waals surface area (Å²) < 4.78 is 11.3. The van der Waals surface area contributed by atoms with Crippen LogP contribution in [0.25, 0.3) is 0 Å². The lowest BCUT2D eigenvalue weighted by Gasteiger charge is -2.40. The normalized spacial score (nSPS) is 19.3. The Kier molecular flexibility index (Phi) is 49.7. The number of aliphatic hydroxyl groups excluding tert-OH is 5. The van der Waals surface area contributed by atoms with E-state index in [1.807, 2.05) is 0 Å². The van der Waals surface area contributed by atoms with Crippen LogP contribution in [0.3, 0.4) is 0 Å². The van der Waals surface area contributed by atoms with Crippen LogP contribution in [0.2, 0.25) is 0 Å². The Morgan fingerprint density at radius 3 is 1.21 bits per heavy atom. The molecule has 9 heteroatoms. The molecule has 9 nitrogen and oxygen atoms in total. The molecule has 0 aromatic heterocycles. The number of hydrogen-bond donors (Lipinski definition) is 6. The third kappa shape index (κ3) is 41.6. The highest BCUT2D eigenvalue weighted by atomic mass is 16.7. The molecule has 1 rings (SSSR count). The smallest absolute Gasteiger partial charge is 0.220 e. The highest BCUT2D eigenvalue weighted by molar-refractivity contribution is 5.76. The Bertz CT molecular complexity index is 1170. The lowest BCUT2D eigenvalue weighted by Crippen LogP contribution is -2.60. The van der Waals surface area contributed by atoms with Gasteiger partial charge in [0.05, 0.1) is 25.4 Å². The van der Waals surface area contributed by atoms with Crippen molar-refractivity contribution >= 4 is 5.91 Å². The summed E-state index contributed by atoms with van der Waals surface area (Å²) in [5.74, 6) is -0.144. The van der Waals surface area contributed by atoms with Crippen LogP contribution in [-0.2, 0) is 14.3 Å². The van der Waals surface area contributed by atoms with Gasteiger partial charge in [-0.05, 0) is 44.9 Å². The van der Waals surface area contributed by atoms with Gasteiger partial charge < -0.3 is 40.3 Å². The quantitative estimate of drug-likeness (QED) is 0.0261. The SMILES string of the molecule is CCCCCCC/C=C\C/C=C\CCCCCCCCCCCC(=O)NC(COC1OC(CO)C(O)C(O)C1O)C(O)CCCCCCCCCCCCCCCCCCCCCCCCCCCCC. The molecule has 1 aliphatic rings. The predicted octanol–water partition coefficient (Wildman–Crippen LogP) is 15.7. The molecule has 420 valence electrons. The van der Waals surface area contributed by atoms with Gasteiger partial charge in [0.25, 0.3) is 0 Å². The Labute approximate surface area is 439 Å². The number of ether oxygens (including phenoxy) is 2. The van der Waals surface area contributed by atoms with Crippen molar-refractivity contribution in [3.8, 4) is 0 Å². The second-order valence-electron chi connectivity index (χ2n) is 21.9. The Balaban J connectivity index is 2.17. The molecule has 7 unspecified atom stereocenters. The average Bonchev–Trinajstić information content (AvgIpc) is 3.37. The van der Waals surface area contributed by atoms with Gasteiger partial charge in [-0.3, -0.25) is 4.79 Å². The van der Waals surface area contributed by atoms with Crippen LogP contribution in [0.5, 0.6) is 0 Å². The first-order chi connectivity index (χ1) is 34.8. The number of aliphatic hydroxyl groups is 5. The molecule has 71 heavy (non-hydrogen) atoms. The summed E-state index contributed by atoms with van der Waals surface area (Å²) >= 11 is 0. The van der Waals surface area contributed by atoms with Crippen LogP contribution in [0.1, 0.15) is 309 Å². The largest absolute Gasteiger partial charge is 0.394 e. The van der Waals surface area contributed by atoms with Crippen molar-refractivity contribution in [2.75, 3.05) is 13.2 Å². The number of unbranched alkanes of at least 4 members (excludes halogenated alkanes) is 40. The lowest BCUT2D eigenvalue weighted by atomic mass is 9.99. The van der Waals surface area contributed by atoms with Crippen LogP contribution in [0.15, 0.2) is 24.3 Å². The zero-order chi connectivity index (χ0) is 51.5. The topological polar surface area (TPSA) is 149 Å². The number of allylic oxidation sites excluding steroid dienone is 4. The minimum absolute atomic E-state index is 0.137. The fraction of sp³-hybridized carbons (Fsp3) is 0.919. The maximum Gasteiger partial charge on any atom is 0.220 e. The number of hydrogen-bond acceptors (Lipinski definition) is 8. The van der Waals surface area contributed by atoms with E-state index in [0.29, 0.717) is 12.8 Å². The van der Waals surface area contributed by atoms with E-state index in [9.17, 15) is 30.3 Å². The predicted molar refractivity (Wildman–Crippen MR) is 300 cm³/mol. The second kappa shape index (κ2) is 52.1. The monoisotopic (exact) mass is 1010 g/mol. The standard InChI is InChI=1S/C62H119NO8/c1-3-5-7-9-11-13-15-17-19-21-23-25-26-27-28-29-30-32-33-35-37-39-41-43-45-47-49-51-56(65)55(54-70-62-61(69)60(68)59(67)57(53-64)71-62)63-58(66)52-50-48-46-44-42-40-38-36-34-31-24-22-20-18-16-14-12-10-8-6-4-2/h16,18,22,24,55-57,59-62,64-65,67-69H,3-15,17,19-21,23,25-54H2,1-2H3,(H,63,66)/b18-16-,24-22-. The number of carbonyl (C=O) groups excluding carboxylic acids is 1. The van der Waals surface area contributed by atoms with Crippen LogP contribution < -0.4 is 5.32 Å². The molecule has 1 aliphatic heterocycles. The van der Waals surface area contributed by atoms with Crippen LogP contribution in [0.4, 0.5) is 0 Å². The summed E-state index contributed by atoms with van der Waals surface area (Å²) in [6.45, 7) is 3.87. The summed E-state index contributed by atoms with van der Waals surface area (Å²) in [4.78, 5) is 13.1. The first kappa shape index (κ1) is 67.7. The first-order valence-electron chi connectivity index (χ1n) is 31.0. The fourth-order valence-corrected chi connectivity index (χ4v) is 10.1. The summed E-state index contributed by atoms with van der Waals surface area (Å²) in [6, 6.07) is -0.721. The number of amides is 1. The molecular formula is C62H119NO8. The minimum Gasteiger partial charge on any atom is -0.394 e. The van der Waals surface area contributed by atoms with E-state index in [2.05, 4.69) is 43.5 Å². The molecule has 1 fully saturated rings. The lowest BCUT2D eigenvalue weighted by molar-refractivity contribution is -0.302. The maximum atomic E-state index is 13.1. The minimum atomic E-state index is -1.55. The molecule has 0 aromatic rings. The van der Waals surface area contributed by atoms with E-state index < -0.39 is 49.5 Å². The Morgan fingerprint density at radius 1 is 0.479 bits per heavy atom. The van der Waals surface area contributed by atoms with Crippen molar-refractivity contribution in [2.45, 2.75) is 352 Å². The van der Waals surface area contributed by atoms with Gasteiger partial charge in [0.15, 0.2) is 6.29 Å². The molecule has 1 saturated heterocycles. The molecular weight excluding hydrogens is 887 g/mol. The number of carbonyl (C=O) groups is 1. The van der Waals surface area contributed by atoms with E-state index >= 15 is 0 Å². The van der Waals surface area contributed by atoms with Crippen molar-refractivity contribution in [1.29, 1.82) is 0 Å². The van der Waals surface area contributed by atoms with Gasteiger partial charge in [0.2, 0.25) is 5.91 Å². The molecule has 7 atom stereocenters.